The summed E-state index contributed by atoms with van der Waals surface area (Å²) in [5, 5.41) is 0. The third-order valence-electron chi connectivity index (χ3n) is 4.65. The first-order chi connectivity index (χ1) is 10.8. The second-order valence-corrected chi connectivity index (χ2v) is 6.31. The van der Waals surface area contributed by atoms with Crippen molar-refractivity contribution < 1.29 is 4.74 Å². The van der Waals surface area contributed by atoms with Crippen molar-refractivity contribution >= 4 is 0 Å². The molecule has 0 heterocycles. The van der Waals surface area contributed by atoms with Gasteiger partial charge in [0.05, 0.1) is 6.10 Å². The van der Waals surface area contributed by atoms with E-state index < -0.39 is 0 Å². The standard InChI is InChI=1S/C21H26O/c1-2-19-16-18(13-12-17-8-4-3-5-9-17)14-15-21(19)22-20-10-6-7-11-20/h3-5,8-9,14-16,20H,2,6-7,10-13H2,1H3. The highest BCUT2D eigenvalue weighted by Crippen LogP contribution is 2.28. The maximum absolute atomic E-state index is 6.22. The summed E-state index contributed by atoms with van der Waals surface area (Å²) >= 11 is 0. The second-order valence-electron chi connectivity index (χ2n) is 6.31. The molecule has 2 aromatic rings. The average Bonchev–Trinajstić information content (AvgIpc) is 3.08. The minimum Gasteiger partial charge on any atom is -0.490 e. The molecule has 0 unspecified atom stereocenters. The first-order valence-electron chi connectivity index (χ1n) is 8.67. The van der Waals surface area contributed by atoms with Crippen LogP contribution in [0, 0.1) is 0 Å². The van der Waals surface area contributed by atoms with Gasteiger partial charge in [-0.2, -0.15) is 0 Å². The minimum absolute atomic E-state index is 0.445. The van der Waals surface area contributed by atoms with Crippen LogP contribution in [-0.2, 0) is 19.3 Å². The predicted molar refractivity (Wildman–Crippen MR) is 92.6 cm³/mol. The van der Waals surface area contributed by atoms with Crippen molar-refractivity contribution in [3.63, 3.8) is 0 Å². The molecule has 0 amide bonds. The van der Waals surface area contributed by atoms with Crippen LogP contribution in [0.5, 0.6) is 5.75 Å². The lowest BCUT2D eigenvalue weighted by Gasteiger charge is -2.17. The lowest BCUT2D eigenvalue weighted by Crippen LogP contribution is -2.12. The molecule has 1 saturated carbocycles. The Morgan fingerprint density at radius 2 is 1.64 bits per heavy atom. The van der Waals surface area contributed by atoms with Crippen molar-refractivity contribution in [3.8, 4) is 5.75 Å². The molecule has 1 nitrogen and oxygen atoms in total. The maximum Gasteiger partial charge on any atom is 0.122 e. The summed E-state index contributed by atoms with van der Waals surface area (Å²) in [4.78, 5) is 0. The Balaban J connectivity index is 1.65. The monoisotopic (exact) mass is 294 g/mol. The molecular weight excluding hydrogens is 268 g/mol. The van der Waals surface area contributed by atoms with Crippen LogP contribution >= 0.6 is 0 Å². The molecule has 116 valence electrons. The summed E-state index contributed by atoms with van der Waals surface area (Å²) in [6.45, 7) is 2.22. The highest BCUT2D eigenvalue weighted by atomic mass is 16.5. The highest BCUT2D eigenvalue weighted by Gasteiger charge is 2.17. The minimum atomic E-state index is 0.445. The fraction of sp³-hybridized carbons (Fsp3) is 0.429. The van der Waals surface area contributed by atoms with Gasteiger partial charge in [-0.05, 0) is 67.7 Å². The van der Waals surface area contributed by atoms with Crippen molar-refractivity contribution in [2.24, 2.45) is 0 Å². The number of hydrogen-bond donors (Lipinski definition) is 0. The first-order valence-corrected chi connectivity index (χ1v) is 8.67. The Kier molecular flexibility index (Phi) is 5.15. The van der Waals surface area contributed by atoms with Gasteiger partial charge in [0.25, 0.3) is 0 Å². The van der Waals surface area contributed by atoms with Gasteiger partial charge >= 0.3 is 0 Å². The molecule has 0 aromatic heterocycles. The molecule has 0 radical (unpaired) electrons. The summed E-state index contributed by atoms with van der Waals surface area (Å²) in [6.07, 6.45) is 8.77. The summed E-state index contributed by atoms with van der Waals surface area (Å²) in [7, 11) is 0. The van der Waals surface area contributed by atoms with E-state index in [2.05, 4.69) is 55.5 Å². The quantitative estimate of drug-likeness (QED) is 0.697. The molecule has 22 heavy (non-hydrogen) atoms. The molecule has 3 rings (SSSR count). The zero-order valence-electron chi connectivity index (χ0n) is 13.6. The van der Waals surface area contributed by atoms with Crippen LogP contribution in [0.1, 0.15) is 49.3 Å². The van der Waals surface area contributed by atoms with E-state index in [-0.39, 0.29) is 0 Å². The van der Waals surface area contributed by atoms with Crippen LogP contribution in [0.2, 0.25) is 0 Å². The molecular formula is C21H26O. The fourth-order valence-electron chi connectivity index (χ4n) is 3.30. The predicted octanol–water partition coefficient (Wildman–Crippen LogP) is 5.36. The largest absolute Gasteiger partial charge is 0.490 e. The third-order valence-corrected chi connectivity index (χ3v) is 4.65. The van der Waals surface area contributed by atoms with E-state index >= 15 is 0 Å². The van der Waals surface area contributed by atoms with Gasteiger partial charge in [-0.25, -0.2) is 0 Å². The lowest BCUT2D eigenvalue weighted by atomic mass is 10.0. The van der Waals surface area contributed by atoms with Gasteiger partial charge in [-0.15, -0.1) is 0 Å². The Morgan fingerprint density at radius 3 is 2.36 bits per heavy atom. The molecule has 0 saturated heterocycles. The zero-order valence-corrected chi connectivity index (χ0v) is 13.6. The smallest absolute Gasteiger partial charge is 0.122 e. The summed E-state index contributed by atoms with van der Waals surface area (Å²) in [5.74, 6) is 1.11. The average molecular weight is 294 g/mol. The van der Waals surface area contributed by atoms with Gasteiger partial charge in [0.15, 0.2) is 0 Å². The summed E-state index contributed by atoms with van der Waals surface area (Å²) in [5.41, 5.74) is 4.18. The summed E-state index contributed by atoms with van der Waals surface area (Å²) in [6, 6.07) is 17.5. The van der Waals surface area contributed by atoms with Crippen molar-refractivity contribution in [2.45, 2.75) is 58.0 Å². The topological polar surface area (TPSA) is 9.23 Å². The molecule has 2 aromatic carbocycles. The fourth-order valence-corrected chi connectivity index (χ4v) is 3.30. The number of aryl methyl sites for hydroxylation is 3. The molecule has 0 bridgehead atoms. The Morgan fingerprint density at radius 1 is 0.909 bits per heavy atom. The van der Waals surface area contributed by atoms with Crippen LogP contribution in [0.15, 0.2) is 48.5 Å². The number of ether oxygens (including phenoxy) is 1. The van der Waals surface area contributed by atoms with E-state index in [1.807, 2.05) is 0 Å². The van der Waals surface area contributed by atoms with E-state index in [1.165, 1.54) is 42.4 Å². The number of hydrogen-bond acceptors (Lipinski definition) is 1. The molecule has 0 N–H and O–H groups in total. The third kappa shape index (κ3) is 3.91. The maximum atomic E-state index is 6.22. The van der Waals surface area contributed by atoms with E-state index in [0.717, 1.165) is 25.0 Å². The SMILES string of the molecule is CCc1cc(CCc2ccccc2)ccc1OC1CCCC1. The summed E-state index contributed by atoms with van der Waals surface area (Å²) < 4.78 is 6.22. The van der Waals surface area contributed by atoms with Crippen LogP contribution in [-0.4, -0.2) is 6.10 Å². The number of rotatable bonds is 6. The Bertz CT molecular complexity index is 582. The zero-order chi connectivity index (χ0) is 15.2. The van der Waals surface area contributed by atoms with Gasteiger partial charge < -0.3 is 4.74 Å². The van der Waals surface area contributed by atoms with Gasteiger partial charge in [-0.3, -0.25) is 0 Å². The molecule has 1 aliphatic rings. The van der Waals surface area contributed by atoms with E-state index in [4.69, 9.17) is 4.74 Å². The Labute approximate surface area is 134 Å². The molecule has 1 heteroatoms. The first kappa shape index (κ1) is 15.1. The Hall–Kier alpha value is -1.76. The normalized spacial score (nSPS) is 15.1. The molecule has 1 aliphatic carbocycles. The van der Waals surface area contributed by atoms with Crippen LogP contribution in [0.3, 0.4) is 0 Å². The van der Waals surface area contributed by atoms with Crippen molar-refractivity contribution in [1.29, 1.82) is 0 Å². The highest BCUT2D eigenvalue weighted by molar-refractivity contribution is 5.38. The molecule has 1 fully saturated rings. The van der Waals surface area contributed by atoms with Crippen molar-refractivity contribution in [1.82, 2.24) is 0 Å². The van der Waals surface area contributed by atoms with Gasteiger partial charge in [0, 0.05) is 0 Å². The number of benzene rings is 2. The van der Waals surface area contributed by atoms with Crippen LogP contribution < -0.4 is 4.74 Å². The molecule has 0 atom stereocenters. The second kappa shape index (κ2) is 7.49. The van der Waals surface area contributed by atoms with Crippen LogP contribution in [0.25, 0.3) is 0 Å². The molecule has 0 aliphatic heterocycles. The molecule has 0 spiro atoms. The van der Waals surface area contributed by atoms with Gasteiger partial charge in [-0.1, -0.05) is 49.4 Å². The van der Waals surface area contributed by atoms with Gasteiger partial charge in [0.2, 0.25) is 0 Å². The van der Waals surface area contributed by atoms with Crippen molar-refractivity contribution in [3.05, 3.63) is 65.2 Å². The van der Waals surface area contributed by atoms with E-state index in [9.17, 15) is 0 Å². The van der Waals surface area contributed by atoms with Gasteiger partial charge in [0.1, 0.15) is 5.75 Å². The van der Waals surface area contributed by atoms with E-state index in [0.29, 0.717) is 6.10 Å². The lowest BCUT2D eigenvalue weighted by molar-refractivity contribution is 0.208. The van der Waals surface area contributed by atoms with Crippen molar-refractivity contribution in [2.75, 3.05) is 0 Å². The van der Waals surface area contributed by atoms with Crippen LogP contribution in [0.4, 0.5) is 0 Å². The van der Waals surface area contributed by atoms with E-state index in [1.54, 1.807) is 0 Å².